The first kappa shape index (κ1) is 17.0. The predicted octanol–water partition coefficient (Wildman–Crippen LogP) is 4.09. The van der Waals surface area contributed by atoms with Crippen molar-refractivity contribution in [2.45, 2.75) is 6.92 Å². The van der Waals surface area contributed by atoms with Crippen molar-refractivity contribution >= 4 is 23.1 Å². The Morgan fingerprint density at radius 1 is 0.857 bits per heavy atom. The van der Waals surface area contributed by atoms with Crippen LogP contribution in [0.3, 0.4) is 0 Å². The van der Waals surface area contributed by atoms with Crippen LogP contribution in [0.15, 0.2) is 72.3 Å². The zero-order valence-electron chi connectivity index (χ0n) is 15.8. The lowest BCUT2D eigenvalue weighted by Crippen LogP contribution is -2.33. The molecule has 1 heterocycles. The molecule has 0 radical (unpaired) electrons. The van der Waals surface area contributed by atoms with E-state index < -0.39 is 0 Å². The zero-order chi connectivity index (χ0) is 19.4. The molecule has 1 saturated heterocycles. The molecule has 2 fully saturated rings. The van der Waals surface area contributed by atoms with Crippen molar-refractivity contribution in [3.63, 3.8) is 0 Å². The molecule has 4 heteroatoms. The molecule has 140 valence electrons. The Labute approximate surface area is 164 Å². The van der Waals surface area contributed by atoms with Crippen LogP contribution in [-0.2, 0) is 9.59 Å². The van der Waals surface area contributed by atoms with Gasteiger partial charge in [-0.25, -0.2) is 4.90 Å². The van der Waals surface area contributed by atoms with Crippen LogP contribution in [0.4, 0.5) is 5.69 Å². The van der Waals surface area contributed by atoms with Crippen molar-refractivity contribution in [3.05, 3.63) is 77.9 Å². The maximum Gasteiger partial charge on any atom is 0.238 e. The molecule has 4 nitrogen and oxygen atoms in total. The number of amides is 2. The van der Waals surface area contributed by atoms with E-state index in [1.807, 2.05) is 18.2 Å². The second-order valence-electron chi connectivity index (χ2n) is 7.64. The number of anilines is 1. The number of carbonyl (C=O) groups excluding carboxylic acids is 2. The normalized spacial score (nSPS) is 27.5. The summed E-state index contributed by atoms with van der Waals surface area (Å²) in [5.41, 5.74) is 4.20. The fourth-order valence-corrected chi connectivity index (χ4v) is 5.10. The van der Waals surface area contributed by atoms with Gasteiger partial charge in [0, 0.05) is 11.8 Å². The minimum Gasteiger partial charge on any atom is -0.497 e. The number of rotatable bonds is 3. The molecule has 28 heavy (non-hydrogen) atoms. The van der Waals surface area contributed by atoms with Gasteiger partial charge in [-0.15, -0.1) is 0 Å². The number of hydrogen-bond acceptors (Lipinski definition) is 3. The highest BCUT2D eigenvalue weighted by Gasteiger charge is 2.62. The van der Waals surface area contributed by atoms with Gasteiger partial charge in [0.05, 0.1) is 24.6 Å². The third-order valence-corrected chi connectivity index (χ3v) is 6.39. The van der Waals surface area contributed by atoms with Gasteiger partial charge in [-0.2, -0.15) is 0 Å². The van der Waals surface area contributed by atoms with Crippen molar-refractivity contribution in [2.75, 3.05) is 12.0 Å². The second-order valence-corrected chi connectivity index (χ2v) is 7.64. The van der Waals surface area contributed by atoms with E-state index in [1.54, 1.807) is 31.4 Å². The molecule has 0 spiro atoms. The average molecular weight is 371 g/mol. The summed E-state index contributed by atoms with van der Waals surface area (Å²) in [7, 11) is 1.60. The quantitative estimate of drug-likeness (QED) is 0.603. The topological polar surface area (TPSA) is 46.6 Å². The van der Waals surface area contributed by atoms with Crippen LogP contribution < -0.4 is 9.64 Å². The lowest BCUT2D eigenvalue weighted by atomic mass is 9.85. The fourth-order valence-electron chi connectivity index (χ4n) is 5.10. The minimum absolute atomic E-state index is 0.00917. The van der Waals surface area contributed by atoms with Gasteiger partial charge in [0.1, 0.15) is 5.75 Å². The molecular formula is C24H21NO3. The van der Waals surface area contributed by atoms with Gasteiger partial charge in [0.25, 0.3) is 0 Å². The molecule has 2 amide bonds. The molecule has 2 aromatic carbocycles. The number of methoxy groups -OCH3 is 1. The molecular weight excluding hydrogens is 350 g/mol. The van der Waals surface area contributed by atoms with Gasteiger partial charge in [0.2, 0.25) is 11.8 Å². The highest BCUT2D eigenvalue weighted by atomic mass is 16.5. The smallest absolute Gasteiger partial charge is 0.238 e. The van der Waals surface area contributed by atoms with E-state index in [0.29, 0.717) is 11.4 Å². The zero-order valence-corrected chi connectivity index (χ0v) is 15.8. The molecule has 1 saturated carbocycles. The number of benzene rings is 2. The minimum atomic E-state index is -0.293. The van der Waals surface area contributed by atoms with E-state index in [-0.39, 0.29) is 35.5 Å². The molecule has 5 rings (SSSR count). The molecule has 1 aliphatic heterocycles. The SMILES string of the molecule is COc1ccc(N2C(=O)[C@@H]3[C@@H](C2=O)[C@H]2C=C[C@H]3C2=C(C)c2ccccc2)cc1. The molecule has 0 unspecified atom stereocenters. The van der Waals surface area contributed by atoms with Gasteiger partial charge in [0.15, 0.2) is 0 Å². The summed E-state index contributed by atoms with van der Waals surface area (Å²) in [5, 5.41) is 0. The number of imide groups is 1. The average Bonchev–Trinajstić information content (AvgIpc) is 3.38. The maximum atomic E-state index is 13.3. The number of fused-ring (bicyclic) bond motifs is 5. The third kappa shape index (κ3) is 2.24. The molecule has 4 atom stereocenters. The van der Waals surface area contributed by atoms with Crippen molar-refractivity contribution in [3.8, 4) is 5.75 Å². The number of nitrogens with zero attached hydrogens (tertiary/aromatic N) is 1. The Hall–Kier alpha value is -3.14. The van der Waals surface area contributed by atoms with Gasteiger partial charge >= 0.3 is 0 Å². The summed E-state index contributed by atoms with van der Waals surface area (Å²) in [6.07, 6.45) is 4.24. The second kappa shape index (κ2) is 6.20. The van der Waals surface area contributed by atoms with Crippen LogP contribution in [0.2, 0.25) is 0 Å². The fraction of sp³-hybridized carbons (Fsp3) is 0.250. The summed E-state index contributed by atoms with van der Waals surface area (Å²) < 4.78 is 5.18. The molecule has 2 aromatic rings. The Bertz CT molecular complexity index is 986. The largest absolute Gasteiger partial charge is 0.497 e. The Morgan fingerprint density at radius 3 is 1.96 bits per heavy atom. The van der Waals surface area contributed by atoms with Crippen LogP contribution in [0, 0.1) is 23.7 Å². The van der Waals surface area contributed by atoms with Gasteiger partial charge in [-0.3, -0.25) is 9.59 Å². The Morgan fingerprint density at radius 2 is 1.43 bits per heavy atom. The van der Waals surface area contributed by atoms with Crippen molar-refractivity contribution < 1.29 is 14.3 Å². The van der Waals surface area contributed by atoms with Crippen molar-refractivity contribution in [1.29, 1.82) is 0 Å². The van der Waals surface area contributed by atoms with Crippen LogP contribution in [-0.4, -0.2) is 18.9 Å². The summed E-state index contributed by atoms with van der Waals surface area (Å²) in [5.74, 6) is -0.0411. The number of carbonyl (C=O) groups is 2. The van der Waals surface area contributed by atoms with E-state index in [4.69, 9.17) is 4.74 Å². The maximum absolute atomic E-state index is 13.3. The monoisotopic (exact) mass is 371 g/mol. The van der Waals surface area contributed by atoms with Crippen molar-refractivity contribution in [2.24, 2.45) is 23.7 Å². The van der Waals surface area contributed by atoms with E-state index in [9.17, 15) is 9.59 Å². The molecule has 3 aliphatic rings. The highest BCUT2D eigenvalue weighted by molar-refractivity contribution is 6.23. The number of ether oxygens (including phenoxy) is 1. The van der Waals surface area contributed by atoms with Gasteiger partial charge in [-0.1, -0.05) is 48.1 Å². The van der Waals surface area contributed by atoms with Gasteiger partial charge in [-0.05, 0) is 42.3 Å². The first-order chi connectivity index (χ1) is 13.6. The molecule has 2 bridgehead atoms. The summed E-state index contributed by atoms with van der Waals surface area (Å²) in [6.45, 7) is 2.11. The van der Waals surface area contributed by atoms with E-state index in [1.165, 1.54) is 16.0 Å². The standard InChI is InChI=1S/C24H21NO3/c1-14(15-6-4-3-5-7-15)20-18-12-13-19(20)22-21(18)23(26)25(24(22)27)16-8-10-17(28-2)11-9-16/h3-13,18-19,21-22H,1-2H3/t18-,19-,21-,22-/m0/s1. The van der Waals surface area contributed by atoms with E-state index in [2.05, 4.69) is 31.2 Å². The van der Waals surface area contributed by atoms with Crippen LogP contribution in [0.5, 0.6) is 5.75 Å². The predicted molar refractivity (Wildman–Crippen MR) is 108 cm³/mol. The van der Waals surface area contributed by atoms with E-state index in [0.717, 1.165) is 5.56 Å². The molecule has 2 aliphatic carbocycles. The highest BCUT2D eigenvalue weighted by Crippen LogP contribution is 2.58. The van der Waals surface area contributed by atoms with Crippen LogP contribution in [0.25, 0.3) is 5.57 Å². The van der Waals surface area contributed by atoms with E-state index >= 15 is 0 Å². The first-order valence-electron chi connectivity index (χ1n) is 9.58. The molecule has 0 aromatic heterocycles. The van der Waals surface area contributed by atoms with Crippen LogP contribution >= 0.6 is 0 Å². The third-order valence-electron chi connectivity index (χ3n) is 6.39. The van der Waals surface area contributed by atoms with Crippen LogP contribution in [0.1, 0.15) is 12.5 Å². The molecule has 0 N–H and O–H groups in total. The summed E-state index contributed by atoms with van der Waals surface area (Å²) in [4.78, 5) is 27.9. The number of hydrogen-bond donors (Lipinski definition) is 0. The van der Waals surface area contributed by atoms with Gasteiger partial charge < -0.3 is 4.74 Å². The Balaban J connectivity index is 1.52. The first-order valence-corrected chi connectivity index (χ1v) is 9.58. The lowest BCUT2D eigenvalue weighted by molar-refractivity contribution is -0.122. The summed E-state index contributed by atoms with van der Waals surface area (Å²) in [6, 6.07) is 17.3. The summed E-state index contributed by atoms with van der Waals surface area (Å²) >= 11 is 0. The lowest BCUT2D eigenvalue weighted by Gasteiger charge is -2.20. The number of allylic oxidation sites excluding steroid dienone is 4. The Kier molecular flexibility index (Phi) is 3.76. The van der Waals surface area contributed by atoms with Crippen molar-refractivity contribution in [1.82, 2.24) is 0 Å².